The maximum Gasteiger partial charge on any atom is 0.259 e. The van der Waals surface area contributed by atoms with Crippen LogP contribution in [-0.4, -0.2) is 18.2 Å². The molecule has 4 nitrogen and oxygen atoms in total. The van der Waals surface area contributed by atoms with Gasteiger partial charge in [-0.3, -0.25) is 4.79 Å². The molecule has 1 aromatic rings. The first-order valence-electron chi connectivity index (χ1n) is 8.14. The minimum Gasteiger partial charge on any atom is -0.376 e. The number of carbonyl (C=O) groups excluding carboxylic acids is 1. The molecule has 1 saturated carbocycles. The molecule has 1 aromatic carbocycles. The Morgan fingerprint density at radius 1 is 1.23 bits per heavy atom. The number of benzene rings is 1. The van der Waals surface area contributed by atoms with Gasteiger partial charge in [0, 0.05) is 11.4 Å². The minimum atomic E-state index is -0.0929. The summed E-state index contributed by atoms with van der Waals surface area (Å²) in [4.78, 5) is 12.0. The zero-order valence-electron chi connectivity index (χ0n) is 14.1. The molecule has 0 unspecified atom stereocenters. The fourth-order valence-electron chi connectivity index (χ4n) is 3.14. The molecule has 120 valence electrons. The van der Waals surface area contributed by atoms with Crippen molar-refractivity contribution in [3.63, 3.8) is 0 Å². The van der Waals surface area contributed by atoms with E-state index in [-0.39, 0.29) is 12.5 Å². The third-order valence-electron chi connectivity index (χ3n) is 4.32. The van der Waals surface area contributed by atoms with Crippen LogP contribution in [0.5, 0.6) is 0 Å². The van der Waals surface area contributed by atoms with Gasteiger partial charge in [-0.15, -0.1) is 0 Å². The summed E-state index contributed by atoms with van der Waals surface area (Å²) in [6.45, 7) is 8.63. The second-order valence-electron chi connectivity index (χ2n) is 6.41. The largest absolute Gasteiger partial charge is 0.376 e. The number of nitrogens with zero attached hydrogens (tertiary/aromatic N) is 1. The topological polar surface area (TPSA) is 53.5 Å². The van der Waals surface area contributed by atoms with E-state index in [1.807, 2.05) is 0 Å². The Morgan fingerprint density at radius 3 is 2.55 bits per heavy atom. The molecule has 0 heterocycles. The van der Waals surface area contributed by atoms with Crippen LogP contribution in [0.3, 0.4) is 0 Å². The molecule has 2 rings (SSSR count). The molecular weight excluding hydrogens is 274 g/mol. The first kappa shape index (κ1) is 16.5. The molecule has 0 bridgehead atoms. The molecule has 0 radical (unpaired) electrons. The summed E-state index contributed by atoms with van der Waals surface area (Å²) >= 11 is 0. The number of aryl methyl sites for hydroxylation is 3. The second-order valence-corrected chi connectivity index (χ2v) is 6.41. The molecule has 1 fully saturated rings. The molecule has 4 heteroatoms. The predicted octanol–water partition coefficient (Wildman–Crippen LogP) is 3.71. The number of hydrazone groups is 1. The molecule has 0 aliphatic heterocycles. The Bertz CT molecular complexity index is 555. The summed E-state index contributed by atoms with van der Waals surface area (Å²) in [5.41, 5.74) is 8.43. The lowest BCUT2D eigenvalue weighted by atomic mass is 9.89. The maximum atomic E-state index is 12.0. The highest BCUT2D eigenvalue weighted by molar-refractivity contribution is 5.89. The lowest BCUT2D eigenvalue weighted by molar-refractivity contribution is -0.119. The Morgan fingerprint density at radius 2 is 1.91 bits per heavy atom. The van der Waals surface area contributed by atoms with Gasteiger partial charge in [-0.05, 0) is 57.1 Å². The SMILES string of the molecule is Cc1cc(C)c(NCC(=O)N/N=C2/CCCC[C@H]2C)c(C)c1. The molecule has 1 aliphatic carbocycles. The fraction of sp³-hybridized carbons (Fsp3) is 0.556. The predicted molar refractivity (Wildman–Crippen MR) is 92.4 cm³/mol. The van der Waals surface area contributed by atoms with Gasteiger partial charge in [0.15, 0.2) is 0 Å². The first-order valence-corrected chi connectivity index (χ1v) is 8.14. The van der Waals surface area contributed by atoms with E-state index in [2.05, 4.69) is 55.7 Å². The average molecular weight is 301 g/mol. The van der Waals surface area contributed by atoms with Crippen LogP contribution < -0.4 is 10.7 Å². The van der Waals surface area contributed by atoms with Crippen LogP contribution in [0.4, 0.5) is 5.69 Å². The van der Waals surface area contributed by atoms with Crippen LogP contribution in [-0.2, 0) is 4.79 Å². The maximum absolute atomic E-state index is 12.0. The number of anilines is 1. The van der Waals surface area contributed by atoms with Crippen molar-refractivity contribution in [1.82, 2.24) is 5.43 Å². The third-order valence-corrected chi connectivity index (χ3v) is 4.32. The number of amides is 1. The summed E-state index contributed by atoms with van der Waals surface area (Å²) in [7, 11) is 0. The van der Waals surface area contributed by atoms with E-state index in [0.717, 1.165) is 28.9 Å². The van der Waals surface area contributed by atoms with Crippen molar-refractivity contribution < 1.29 is 4.79 Å². The zero-order chi connectivity index (χ0) is 16.1. The van der Waals surface area contributed by atoms with E-state index < -0.39 is 0 Å². The molecule has 2 N–H and O–H groups in total. The molecule has 0 spiro atoms. The van der Waals surface area contributed by atoms with Crippen molar-refractivity contribution >= 4 is 17.3 Å². The van der Waals surface area contributed by atoms with Crippen molar-refractivity contribution in [3.8, 4) is 0 Å². The summed E-state index contributed by atoms with van der Waals surface area (Å²) < 4.78 is 0. The van der Waals surface area contributed by atoms with Gasteiger partial charge in [-0.25, -0.2) is 5.43 Å². The zero-order valence-corrected chi connectivity index (χ0v) is 14.1. The van der Waals surface area contributed by atoms with Gasteiger partial charge in [-0.2, -0.15) is 5.10 Å². The molecule has 1 atom stereocenters. The summed E-state index contributed by atoms with van der Waals surface area (Å²) in [6.07, 6.45) is 4.63. The van der Waals surface area contributed by atoms with E-state index in [1.54, 1.807) is 0 Å². The Labute approximate surface area is 133 Å². The van der Waals surface area contributed by atoms with Crippen LogP contribution >= 0.6 is 0 Å². The number of carbonyl (C=O) groups is 1. The molecule has 0 aromatic heterocycles. The van der Waals surface area contributed by atoms with Crippen LogP contribution in [0.1, 0.15) is 49.3 Å². The van der Waals surface area contributed by atoms with E-state index in [9.17, 15) is 4.79 Å². The fourth-order valence-corrected chi connectivity index (χ4v) is 3.14. The number of rotatable bonds is 4. The van der Waals surface area contributed by atoms with Gasteiger partial charge in [0.2, 0.25) is 0 Å². The van der Waals surface area contributed by atoms with E-state index in [4.69, 9.17) is 0 Å². The lowest BCUT2D eigenvalue weighted by Crippen LogP contribution is -2.29. The van der Waals surface area contributed by atoms with Gasteiger partial charge in [0.05, 0.1) is 6.54 Å². The molecular formula is C18H27N3O. The van der Waals surface area contributed by atoms with E-state index in [1.165, 1.54) is 24.8 Å². The van der Waals surface area contributed by atoms with Crippen molar-refractivity contribution in [3.05, 3.63) is 28.8 Å². The van der Waals surface area contributed by atoms with E-state index in [0.29, 0.717) is 5.92 Å². The number of hydrogen-bond donors (Lipinski definition) is 2. The summed E-state index contributed by atoms with van der Waals surface area (Å²) in [5, 5.41) is 7.54. The van der Waals surface area contributed by atoms with Gasteiger partial charge in [-0.1, -0.05) is 31.0 Å². The smallest absolute Gasteiger partial charge is 0.259 e. The standard InChI is InChI=1S/C18H27N3O/c1-12-9-14(3)18(15(4)10-12)19-11-17(22)21-20-16-8-6-5-7-13(16)2/h9-10,13,19H,5-8,11H2,1-4H3,(H,21,22)/b20-16-/t13-/m1/s1. The highest BCUT2D eigenvalue weighted by atomic mass is 16.2. The quantitative estimate of drug-likeness (QED) is 0.833. The van der Waals surface area contributed by atoms with Crippen LogP contribution in [0.25, 0.3) is 0 Å². The number of hydrogen-bond acceptors (Lipinski definition) is 3. The van der Waals surface area contributed by atoms with Crippen molar-refractivity contribution in [2.24, 2.45) is 11.0 Å². The Balaban J connectivity index is 1.89. The normalized spacial score (nSPS) is 20.0. The van der Waals surface area contributed by atoms with Crippen LogP contribution in [0.15, 0.2) is 17.2 Å². The molecule has 1 amide bonds. The highest BCUT2D eigenvalue weighted by Crippen LogP contribution is 2.22. The average Bonchev–Trinajstić information content (AvgIpc) is 2.45. The molecule has 22 heavy (non-hydrogen) atoms. The third kappa shape index (κ3) is 4.33. The molecule has 1 aliphatic rings. The van der Waals surface area contributed by atoms with E-state index >= 15 is 0 Å². The van der Waals surface area contributed by atoms with Crippen molar-refractivity contribution in [2.45, 2.75) is 53.4 Å². The van der Waals surface area contributed by atoms with Crippen LogP contribution in [0, 0.1) is 26.7 Å². The lowest BCUT2D eigenvalue weighted by Gasteiger charge is -2.20. The Hall–Kier alpha value is -1.84. The van der Waals surface area contributed by atoms with Crippen LogP contribution in [0.2, 0.25) is 0 Å². The second kappa shape index (κ2) is 7.43. The minimum absolute atomic E-state index is 0.0929. The summed E-state index contributed by atoms with van der Waals surface area (Å²) in [6, 6.07) is 4.24. The highest BCUT2D eigenvalue weighted by Gasteiger charge is 2.16. The van der Waals surface area contributed by atoms with Gasteiger partial charge >= 0.3 is 0 Å². The van der Waals surface area contributed by atoms with Crippen molar-refractivity contribution in [2.75, 3.05) is 11.9 Å². The Kier molecular flexibility index (Phi) is 5.58. The van der Waals surface area contributed by atoms with Crippen molar-refractivity contribution in [1.29, 1.82) is 0 Å². The number of nitrogens with one attached hydrogen (secondary N) is 2. The van der Waals surface area contributed by atoms with Gasteiger partial charge < -0.3 is 5.32 Å². The monoisotopic (exact) mass is 301 g/mol. The molecule has 0 saturated heterocycles. The van der Waals surface area contributed by atoms with Gasteiger partial charge in [0.25, 0.3) is 5.91 Å². The summed E-state index contributed by atoms with van der Waals surface area (Å²) in [5.74, 6) is 0.397. The first-order chi connectivity index (χ1) is 10.5. The van der Waals surface area contributed by atoms with Gasteiger partial charge in [0.1, 0.15) is 0 Å².